The molecule has 2 fully saturated rings. The zero-order valence-electron chi connectivity index (χ0n) is 12.4. The maximum Gasteiger partial charge on any atom is 0.211 e. The van der Waals surface area contributed by atoms with Gasteiger partial charge in [-0.3, -0.25) is 0 Å². The van der Waals surface area contributed by atoms with Crippen LogP contribution in [0.5, 0.6) is 5.75 Å². The quantitative estimate of drug-likeness (QED) is 0.842. The lowest BCUT2D eigenvalue weighted by atomic mass is 9.81. The topological polar surface area (TPSA) is 55.4 Å². The summed E-state index contributed by atoms with van der Waals surface area (Å²) in [6.07, 6.45) is 4.55. The van der Waals surface area contributed by atoms with Crippen LogP contribution in [0.1, 0.15) is 44.1 Å². The maximum absolute atomic E-state index is 11.6. The molecule has 0 spiro atoms. The molecule has 2 aliphatic rings. The molecule has 0 aromatic heterocycles. The van der Waals surface area contributed by atoms with E-state index in [4.69, 9.17) is 4.74 Å². The monoisotopic (exact) mass is 309 g/mol. The average molecular weight is 309 g/mol. The van der Waals surface area contributed by atoms with Gasteiger partial charge in [0.25, 0.3) is 0 Å². The second-order valence-corrected chi connectivity index (χ2v) is 8.16. The van der Waals surface area contributed by atoms with Gasteiger partial charge in [0.1, 0.15) is 5.75 Å². The molecular weight excluding hydrogens is 286 g/mol. The van der Waals surface area contributed by atoms with Crippen molar-refractivity contribution in [2.24, 2.45) is 5.92 Å². The van der Waals surface area contributed by atoms with Crippen molar-refractivity contribution in [3.8, 4) is 5.75 Å². The van der Waals surface area contributed by atoms with Crippen molar-refractivity contribution in [1.29, 1.82) is 0 Å². The molecule has 1 aromatic carbocycles. The number of sulfonamides is 1. The number of hydrogen-bond acceptors (Lipinski definition) is 3. The summed E-state index contributed by atoms with van der Waals surface area (Å²) < 4.78 is 31.7. The van der Waals surface area contributed by atoms with Crippen molar-refractivity contribution in [3.63, 3.8) is 0 Å². The summed E-state index contributed by atoms with van der Waals surface area (Å²) in [6, 6.07) is 8.38. The Morgan fingerprint density at radius 2 is 1.86 bits per heavy atom. The third kappa shape index (κ3) is 3.77. The highest BCUT2D eigenvalue weighted by Crippen LogP contribution is 2.40. The molecule has 1 aromatic rings. The van der Waals surface area contributed by atoms with E-state index < -0.39 is 10.0 Å². The Labute approximate surface area is 126 Å². The molecule has 2 atom stereocenters. The van der Waals surface area contributed by atoms with Crippen LogP contribution in [-0.4, -0.2) is 26.8 Å². The maximum atomic E-state index is 11.6. The van der Waals surface area contributed by atoms with Gasteiger partial charge in [0.05, 0.1) is 12.4 Å². The van der Waals surface area contributed by atoms with E-state index in [0.29, 0.717) is 6.61 Å². The molecular formula is C16H23NO3S. The fourth-order valence-corrected chi connectivity index (χ4v) is 3.63. The Balaban J connectivity index is 1.48. The molecule has 2 aliphatic carbocycles. The van der Waals surface area contributed by atoms with Crippen molar-refractivity contribution in [3.05, 3.63) is 29.8 Å². The van der Waals surface area contributed by atoms with Gasteiger partial charge in [-0.2, -0.15) is 0 Å². The van der Waals surface area contributed by atoms with Crippen LogP contribution in [0, 0.1) is 5.92 Å². The van der Waals surface area contributed by atoms with E-state index in [9.17, 15) is 8.42 Å². The number of rotatable bonds is 7. The van der Waals surface area contributed by atoms with Gasteiger partial charge in [-0.25, -0.2) is 13.1 Å². The molecule has 0 unspecified atom stereocenters. The van der Waals surface area contributed by atoms with Gasteiger partial charge in [0.15, 0.2) is 0 Å². The molecule has 0 aliphatic heterocycles. The largest absolute Gasteiger partial charge is 0.493 e. The lowest BCUT2D eigenvalue weighted by Gasteiger charge is -2.36. The molecule has 0 saturated heterocycles. The van der Waals surface area contributed by atoms with E-state index in [1.807, 2.05) is 12.1 Å². The van der Waals surface area contributed by atoms with Crippen molar-refractivity contribution < 1.29 is 13.2 Å². The van der Waals surface area contributed by atoms with Crippen LogP contribution in [0.4, 0.5) is 0 Å². The van der Waals surface area contributed by atoms with Gasteiger partial charge in [0, 0.05) is 12.0 Å². The summed E-state index contributed by atoms with van der Waals surface area (Å²) in [7, 11) is -3.11. The van der Waals surface area contributed by atoms with E-state index in [-0.39, 0.29) is 17.7 Å². The van der Waals surface area contributed by atoms with Gasteiger partial charge in [-0.15, -0.1) is 0 Å². The lowest BCUT2D eigenvalue weighted by molar-refractivity contribution is 0.144. The molecule has 116 valence electrons. The molecule has 0 bridgehead atoms. The Morgan fingerprint density at radius 3 is 2.38 bits per heavy atom. The van der Waals surface area contributed by atoms with Crippen LogP contribution in [-0.2, 0) is 10.0 Å². The molecule has 5 heteroatoms. The highest BCUT2D eigenvalue weighted by atomic mass is 32.2. The Kier molecular flexibility index (Phi) is 4.22. The molecule has 4 nitrogen and oxygen atoms in total. The smallest absolute Gasteiger partial charge is 0.211 e. The first-order valence-corrected chi connectivity index (χ1v) is 9.45. The first-order chi connectivity index (χ1) is 10.1. The standard InChI is InChI=1S/C16H23NO3S/c1-2-21(18,19)17-16-10-7-14(16)11-20-15-8-5-13(6-9-15)12-3-4-12/h5-6,8-9,12,14,16-17H,2-4,7,10-11H2,1H3/t14-,16+/m0/s1. The summed E-state index contributed by atoms with van der Waals surface area (Å²) in [5.41, 5.74) is 1.40. The third-order valence-corrected chi connectivity index (χ3v) is 5.94. The molecule has 0 amide bonds. The fourth-order valence-electron chi connectivity index (χ4n) is 2.69. The van der Waals surface area contributed by atoms with Gasteiger partial charge in [-0.05, 0) is 56.2 Å². The first kappa shape index (κ1) is 14.9. The second-order valence-electron chi connectivity index (χ2n) is 6.12. The minimum Gasteiger partial charge on any atom is -0.493 e. The summed E-state index contributed by atoms with van der Waals surface area (Å²) in [6.45, 7) is 2.24. The fraction of sp³-hybridized carbons (Fsp3) is 0.625. The predicted octanol–water partition coefficient (Wildman–Crippen LogP) is 2.66. The van der Waals surface area contributed by atoms with Gasteiger partial charge in [0.2, 0.25) is 10.0 Å². The van der Waals surface area contributed by atoms with Crippen LogP contribution in [0.3, 0.4) is 0 Å². The molecule has 3 rings (SSSR count). The molecule has 0 radical (unpaired) electrons. The van der Waals surface area contributed by atoms with E-state index in [0.717, 1.165) is 24.5 Å². The summed E-state index contributed by atoms with van der Waals surface area (Å²) in [5.74, 6) is 2.07. The average Bonchev–Trinajstić information content (AvgIpc) is 3.29. The van der Waals surface area contributed by atoms with Crippen molar-refractivity contribution in [1.82, 2.24) is 4.72 Å². The number of ether oxygens (including phenoxy) is 1. The van der Waals surface area contributed by atoms with Crippen molar-refractivity contribution >= 4 is 10.0 Å². The Hall–Kier alpha value is -1.07. The predicted molar refractivity (Wildman–Crippen MR) is 83.0 cm³/mol. The number of nitrogens with one attached hydrogen (secondary N) is 1. The van der Waals surface area contributed by atoms with E-state index in [1.54, 1.807) is 6.92 Å². The van der Waals surface area contributed by atoms with Gasteiger partial charge in [-0.1, -0.05) is 12.1 Å². The highest BCUT2D eigenvalue weighted by molar-refractivity contribution is 7.89. The SMILES string of the molecule is CCS(=O)(=O)N[C@@H]1CC[C@H]1COc1ccc(C2CC2)cc1. The van der Waals surface area contributed by atoms with E-state index in [2.05, 4.69) is 16.9 Å². The lowest BCUT2D eigenvalue weighted by Crippen LogP contribution is -2.49. The Morgan fingerprint density at radius 1 is 1.14 bits per heavy atom. The molecule has 2 saturated carbocycles. The zero-order chi connectivity index (χ0) is 14.9. The third-order valence-electron chi connectivity index (χ3n) is 4.52. The van der Waals surface area contributed by atoms with Crippen molar-refractivity contribution in [2.45, 2.75) is 44.6 Å². The van der Waals surface area contributed by atoms with Crippen LogP contribution in [0.2, 0.25) is 0 Å². The number of benzene rings is 1. The van der Waals surface area contributed by atoms with Gasteiger partial charge < -0.3 is 4.74 Å². The van der Waals surface area contributed by atoms with E-state index in [1.165, 1.54) is 18.4 Å². The Bertz CT molecular complexity index is 578. The first-order valence-electron chi connectivity index (χ1n) is 7.80. The van der Waals surface area contributed by atoms with Crippen LogP contribution >= 0.6 is 0 Å². The zero-order valence-corrected chi connectivity index (χ0v) is 13.2. The normalized spacial score (nSPS) is 25.4. The van der Waals surface area contributed by atoms with Gasteiger partial charge >= 0.3 is 0 Å². The minimum absolute atomic E-state index is 0.0423. The molecule has 0 heterocycles. The minimum atomic E-state index is -3.11. The highest BCUT2D eigenvalue weighted by Gasteiger charge is 2.34. The van der Waals surface area contributed by atoms with Crippen molar-refractivity contribution in [2.75, 3.05) is 12.4 Å². The van der Waals surface area contributed by atoms with Crippen LogP contribution in [0.15, 0.2) is 24.3 Å². The summed E-state index contributed by atoms with van der Waals surface area (Å²) >= 11 is 0. The summed E-state index contributed by atoms with van der Waals surface area (Å²) in [4.78, 5) is 0. The molecule has 21 heavy (non-hydrogen) atoms. The summed E-state index contributed by atoms with van der Waals surface area (Å²) in [5, 5.41) is 0. The molecule has 1 N–H and O–H groups in total. The van der Waals surface area contributed by atoms with Crippen LogP contribution in [0.25, 0.3) is 0 Å². The van der Waals surface area contributed by atoms with E-state index >= 15 is 0 Å². The van der Waals surface area contributed by atoms with Crippen LogP contribution < -0.4 is 9.46 Å². The number of hydrogen-bond donors (Lipinski definition) is 1. The second kappa shape index (κ2) is 5.97.